The molecule has 13 heavy (non-hydrogen) atoms. The average molecular weight is 185 g/mol. The summed E-state index contributed by atoms with van der Waals surface area (Å²) in [6.07, 6.45) is 1.17. The fourth-order valence-electron chi connectivity index (χ4n) is 1.80. The van der Waals surface area contributed by atoms with Gasteiger partial charge in [0.25, 0.3) is 0 Å². The van der Waals surface area contributed by atoms with Crippen LogP contribution < -0.4 is 0 Å². The minimum absolute atomic E-state index is 0.704. The van der Waals surface area contributed by atoms with E-state index < -0.39 is 0 Å². The predicted molar refractivity (Wildman–Crippen MR) is 55.9 cm³/mol. The van der Waals surface area contributed by atoms with Crippen LogP contribution in [0.15, 0.2) is 0 Å². The van der Waals surface area contributed by atoms with Crippen molar-refractivity contribution in [3.05, 3.63) is 0 Å². The van der Waals surface area contributed by atoms with Gasteiger partial charge in [-0.1, -0.05) is 13.8 Å². The zero-order valence-electron chi connectivity index (χ0n) is 9.42. The number of nitrogens with zero attached hydrogens (tertiary/aromatic N) is 1. The summed E-state index contributed by atoms with van der Waals surface area (Å²) in [5.41, 5.74) is 0. The molecule has 0 aliphatic carbocycles. The molecule has 2 heteroatoms. The molecule has 0 N–H and O–H groups in total. The first kappa shape index (κ1) is 11.0. The second-order valence-corrected chi connectivity index (χ2v) is 4.59. The molecule has 0 saturated carbocycles. The Hall–Kier alpha value is -0.0800. The number of likely N-dealkylation sites (tertiary alicyclic amines) is 1. The lowest BCUT2D eigenvalue weighted by Gasteiger charge is -2.45. The normalized spacial score (nSPS) is 21.9. The lowest BCUT2D eigenvalue weighted by molar-refractivity contribution is 0.0219. The monoisotopic (exact) mass is 185 g/mol. The Morgan fingerprint density at radius 3 is 2.38 bits per heavy atom. The van der Waals surface area contributed by atoms with Crippen LogP contribution in [0.1, 0.15) is 27.2 Å². The van der Waals surface area contributed by atoms with Crippen molar-refractivity contribution >= 4 is 0 Å². The van der Waals surface area contributed by atoms with Gasteiger partial charge in [0, 0.05) is 32.8 Å². The largest absolute Gasteiger partial charge is 0.385 e. The average Bonchev–Trinajstić information content (AvgIpc) is 1.97. The molecule has 0 spiro atoms. The molecule has 1 atom stereocenters. The second kappa shape index (κ2) is 4.97. The minimum atomic E-state index is 0.704. The Bertz CT molecular complexity index is 141. The molecule has 1 rings (SSSR count). The summed E-state index contributed by atoms with van der Waals surface area (Å²) in [6, 6.07) is 0.704. The van der Waals surface area contributed by atoms with Gasteiger partial charge in [-0.05, 0) is 25.2 Å². The third-order valence-electron chi connectivity index (χ3n) is 3.24. The second-order valence-electron chi connectivity index (χ2n) is 4.59. The maximum atomic E-state index is 5.08. The van der Waals surface area contributed by atoms with Crippen molar-refractivity contribution in [2.75, 3.05) is 26.8 Å². The lowest BCUT2D eigenvalue weighted by Crippen LogP contribution is -2.53. The van der Waals surface area contributed by atoms with Gasteiger partial charge in [0.1, 0.15) is 0 Å². The fourth-order valence-corrected chi connectivity index (χ4v) is 1.80. The van der Waals surface area contributed by atoms with Crippen molar-refractivity contribution < 1.29 is 4.74 Å². The third-order valence-corrected chi connectivity index (χ3v) is 3.24. The molecule has 1 aliphatic rings. The van der Waals surface area contributed by atoms with E-state index >= 15 is 0 Å². The van der Waals surface area contributed by atoms with Crippen LogP contribution in [0.3, 0.4) is 0 Å². The van der Waals surface area contributed by atoms with Crippen molar-refractivity contribution in [3.8, 4) is 0 Å². The van der Waals surface area contributed by atoms with Crippen molar-refractivity contribution in [2.24, 2.45) is 11.8 Å². The molecule has 1 saturated heterocycles. The van der Waals surface area contributed by atoms with Crippen LogP contribution in [0.4, 0.5) is 0 Å². The summed E-state index contributed by atoms with van der Waals surface area (Å²) in [5, 5.41) is 0. The van der Waals surface area contributed by atoms with Gasteiger partial charge >= 0.3 is 0 Å². The van der Waals surface area contributed by atoms with E-state index in [2.05, 4.69) is 25.7 Å². The Balaban J connectivity index is 2.11. The van der Waals surface area contributed by atoms with Crippen LogP contribution in [0.5, 0.6) is 0 Å². The van der Waals surface area contributed by atoms with Crippen LogP contribution >= 0.6 is 0 Å². The van der Waals surface area contributed by atoms with E-state index in [-0.39, 0.29) is 0 Å². The first-order chi connectivity index (χ1) is 6.15. The van der Waals surface area contributed by atoms with Gasteiger partial charge in [0.15, 0.2) is 0 Å². The standard InChI is InChI=1S/C11H23NO/c1-9(2)11-7-12(8-11)10(3)5-6-13-4/h9-11H,5-8H2,1-4H3. The van der Waals surface area contributed by atoms with E-state index in [4.69, 9.17) is 4.74 Å². The molecule has 2 nitrogen and oxygen atoms in total. The van der Waals surface area contributed by atoms with Gasteiger partial charge in [0.05, 0.1) is 0 Å². The van der Waals surface area contributed by atoms with E-state index in [1.165, 1.54) is 19.5 Å². The number of hydrogen-bond acceptors (Lipinski definition) is 2. The Labute approximate surface area is 82.3 Å². The number of hydrogen-bond donors (Lipinski definition) is 0. The fraction of sp³-hybridized carbons (Fsp3) is 1.00. The Morgan fingerprint density at radius 1 is 1.31 bits per heavy atom. The van der Waals surface area contributed by atoms with E-state index in [1.54, 1.807) is 7.11 Å². The molecule has 0 amide bonds. The SMILES string of the molecule is COCCC(C)N1CC(C(C)C)C1. The quantitative estimate of drug-likeness (QED) is 0.649. The highest BCUT2D eigenvalue weighted by atomic mass is 16.5. The van der Waals surface area contributed by atoms with Gasteiger partial charge in [0.2, 0.25) is 0 Å². The molecule has 0 bridgehead atoms. The first-order valence-corrected chi connectivity index (χ1v) is 5.38. The highest BCUT2D eigenvalue weighted by molar-refractivity contribution is 4.85. The van der Waals surface area contributed by atoms with Crippen LogP contribution in [0.25, 0.3) is 0 Å². The molecule has 0 aromatic rings. The van der Waals surface area contributed by atoms with Gasteiger partial charge in [-0.25, -0.2) is 0 Å². The zero-order valence-corrected chi connectivity index (χ0v) is 9.42. The molecule has 1 fully saturated rings. The molecule has 1 heterocycles. The highest BCUT2D eigenvalue weighted by Crippen LogP contribution is 2.25. The molecule has 0 radical (unpaired) electrons. The first-order valence-electron chi connectivity index (χ1n) is 5.38. The Morgan fingerprint density at radius 2 is 1.92 bits per heavy atom. The van der Waals surface area contributed by atoms with Crippen molar-refractivity contribution in [3.63, 3.8) is 0 Å². The van der Waals surface area contributed by atoms with E-state index in [9.17, 15) is 0 Å². The van der Waals surface area contributed by atoms with Crippen LogP contribution in [0, 0.1) is 11.8 Å². The third kappa shape index (κ3) is 2.96. The number of ether oxygens (including phenoxy) is 1. The van der Waals surface area contributed by atoms with Gasteiger partial charge in [-0.15, -0.1) is 0 Å². The summed E-state index contributed by atoms with van der Waals surface area (Å²) in [5.74, 6) is 1.79. The van der Waals surface area contributed by atoms with Crippen molar-refractivity contribution in [2.45, 2.75) is 33.2 Å². The topological polar surface area (TPSA) is 12.5 Å². The van der Waals surface area contributed by atoms with E-state index in [0.29, 0.717) is 6.04 Å². The molecule has 0 aromatic heterocycles. The highest BCUT2D eigenvalue weighted by Gasteiger charge is 2.31. The van der Waals surface area contributed by atoms with E-state index in [1.807, 2.05) is 0 Å². The maximum Gasteiger partial charge on any atom is 0.0477 e. The molecule has 1 aliphatic heterocycles. The van der Waals surface area contributed by atoms with E-state index in [0.717, 1.165) is 18.4 Å². The molecule has 1 unspecified atom stereocenters. The number of methoxy groups -OCH3 is 1. The summed E-state index contributed by atoms with van der Waals surface area (Å²) >= 11 is 0. The van der Waals surface area contributed by atoms with Crippen LogP contribution in [0.2, 0.25) is 0 Å². The van der Waals surface area contributed by atoms with Crippen molar-refractivity contribution in [1.82, 2.24) is 4.90 Å². The van der Waals surface area contributed by atoms with Gasteiger partial charge < -0.3 is 4.74 Å². The molecule has 78 valence electrons. The molecular formula is C11H23NO. The summed E-state index contributed by atoms with van der Waals surface area (Å²) in [4.78, 5) is 2.56. The molecule has 0 aromatic carbocycles. The summed E-state index contributed by atoms with van der Waals surface area (Å²) < 4.78 is 5.08. The number of rotatable bonds is 5. The van der Waals surface area contributed by atoms with Crippen LogP contribution in [-0.4, -0.2) is 37.7 Å². The van der Waals surface area contributed by atoms with Crippen LogP contribution in [-0.2, 0) is 4.74 Å². The summed E-state index contributed by atoms with van der Waals surface area (Å²) in [6.45, 7) is 10.4. The Kier molecular flexibility index (Phi) is 4.20. The van der Waals surface area contributed by atoms with Crippen molar-refractivity contribution in [1.29, 1.82) is 0 Å². The predicted octanol–water partition coefficient (Wildman–Crippen LogP) is 2.00. The summed E-state index contributed by atoms with van der Waals surface area (Å²) in [7, 11) is 1.78. The van der Waals surface area contributed by atoms with Gasteiger partial charge in [-0.2, -0.15) is 0 Å². The smallest absolute Gasteiger partial charge is 0.0477 e. The molecular weight excluding hydrogens is 162 g/mol. The zero-order chi connectivity index (χ0) is 9.84. The minimum Gasteiger partial charge on any atom is -0.385 e. The lowest BCUT2D eigenvalue weighted by atomic mass is 9.87. The van der Waals surface area contributed by atoms with Gasteiger partial charge in [-0.3, -0.25) is 4.90 Å². The maximum absolute atomic E-state index is 5.08.